The summed E-state index contributed by atoms with van der Waals surface area (Å²) in [6.07, 6.45) is 0.707. The number of hydrogen-bond acceptors (Lipinski definition) is 3. The number of halogens is 1. The van der Waals surface area contributed by atoms with Crippen LogP contribution in [0.25, 0.3) is 0 Å². The van der Waals surface area contributed by atoms with E-state index >= 15 is 0 Å². The fraction of sp³-hybridized carbons (Fsp3) is 1.00. The Hall–Kier alpha value is 0.170. The third-order valence-corrected chi connectivity index (χ3v) is 3.44. The summed E-state index contributed by atoms with van der Waals surface area (Å²) in [5.74, 6) is 0. The molecular formula is C8H15ClN2O. The molecule has 0 saturated carbocycles. The van der Waals surface area contributed by atoms with E-state index in [0.717, 1.165) is 19.5 Å². The van der Waals surface area contributed by atoms with E-state index in [1.165, 1.54) is 0 Å². The molecular weight excluding hydrogens is 176 g/mol. The van der Waals surface area contributed by atoms with Crippen LogP contribution >= 0.6 is 11.6 Å². The van der Waals surface area contributed by atoms with Gasteiger partial charge in [0.25, 0.3) is 0 Å². The Morgan fingerprint density at radius 3 is 3.00 bits per heavy atom. The van der Waals surface area contributed by atoms with E-state index in [1.54, 1.807) is 0 Å². The van der Waals surface area contributed by atoms with Crippen LogP contribution < -0.4 is 5.32 Å². The van der Waals surface area contributed by atoms with Crippen molar-refractivity contribution >= 4 is 11.6 Å². The molecule has 4 atom stereocenters. The summed E-state index contributed by atoms with van der Waals surface area (Å²) in [6.45, 7) is 1.90. The number of nitrogens with one attached hydrogen (secondary N) is 1. The summed E-state index contributed by atoms with van der Waals surface area (Å²) < 4.78 is 0. The molecule has 2 aliphatic heterocycles. The minimum absolute atomic E-state index is 0.148. The predicted octanol–water partition coefficient (Wildman–Crippen LogP) is -0.369. The molecule has 0 aromatic carbocycles. The monoisotopic (exact) mass is 190 g/mol. The fourth-order valence-corrected chi connectivity index (χ4v) is 2.90. The van der Waals surface area contributed by atoms with Gasteiger partial charge in [-0.05, 0) is 13.5 Å². The van der Waals surface area contributed by atoms with Crippen molar-refractivity contribution in [2.45, 2.75) is 30.0 Å². The van der Waals surface area contributed by atoms with Crippen LogP contribution in [0.3, 0.4) is 0 Å². The van der Waals surface area contributed by atoms with E-state index in [2.05, 4.69) is 10.2 Å². The van der Waals surface area contributed by atoms with Crippen LogP contribution in [0.4, 0.5) is 0 Å². The van der Waals surface area contributed by atoms with Crippen LogP contribution in [0.5, 0.6) is 0 Å². The molecule has 2 heterocycles. The number of fused-ring (bicyclic) bond motifs is 1. The van der Waals surface area contributed by atoms with Gasteiger partial charge in [-0.1, -0.05) is 0 Å². The Kier molecular flexibility index (Phi) is 2.29. The van der Waals surface area contributed by atoms with E-state index in [1.807, 2.05) is 7.05 Å². The fourth-order valence-electron chi connectivity index (χ4n) is 2.44. The van der Waals surface area contributed by atoms with Crippen LogP contribution in [0.2, 0.25) is 0 Å². The van der Waals surface area contributed by atoms with Crippen LogP contribution in [0.15, 0.2) is 0 Å². The molecule has 0 spiro atoms. The summed E-state index contributed by atoms with van der Waals surface area (Å²) >= 11 is 6.13. The molecule has 0 aliphatic carbocycles. The molecule has 0 aromatic heterocycles. The average molecular weight is 191 g/mol. The normalized spacial score (nSPS) is 48.2. The third-order valence-electron chi connectivity index (χ3n) is 3.03. The Balaban J connectivity index is 2.12. The van der Waals surface area contributed by atoms with E-state index in [0.29, 0.717) is 0 Å². The first-order valence-electron chi connectivity index (χ1n) is 4.47. The molecule has 0 bridgehead atoms. The molecule has 0 aromatic rings. The molecule has 12 heavy (non-hydrogen) atoms. The topological polar surface area (TPSA) is 35.5 Å². The van der Waals surface area contributed by atoms with Crippen molar-refractivity contribution in [3.8, 4) is 0 Å². The molecule has 2 fully saturated rings. The SMILES string of the molecule is CN[C@H]1[C@@H]2[C@H](O)CCN2C[C@H]1Cl. The summed E-state index contributed by atoms with van der Waals surface area (Å²) in [7, 11) is 1.91. The zero-order valence-electron chi connectivity index (χ0n) is 7.20. The highest BCUT2D eigenvalue weighted by Gasteiger charge is 2.46. The highest BCUT2D eigenvalue weighted by Crippen LogP contribution is 2.30. The quantitative estimate of drug-likeness (QED) is 0.554. The van der Waals surface area contributed by atoms with Gasteiger partial charge in [-0.15, -0.1) is 11.6 Å². The summed E-state index contributed by atoms with van der Waals surface area (Å²) in [4.78, 5) is 2.28. The van der Waals surface area contributed by atoms with E-state index in [9.17, 15) is 5.11 Å². The zero-order valence-corrected chi connectivity index (χ0v) is 7.96. The highest BCUT2D eigenvalue weighted by molar-refractivity contribution is 6.21. The van der Waals surface area contributed by atoms with E-state index in [4.69, 9.17) is 11.6 Å². The number of rotatable bonds is 1. The second-order valence-electron chi connectivity index (χ2n) is 3.67. The van der Waals surface area contributed by atoms with Gasteiger partial charge in [0.05, 0.1) is 17.5 Å². The zero-order chi connectivity index (χ0) is 8.72. The van der Waals surface area contributed by atoms with Crippen LogP contribution in [0.1, 0.15) is 6.42 Å². The maximum absolute atomic E-state index is 9.68. The van der Waals surface area contributed by atoms with Gasteiger partial charge < -0.3 is 10.4 Å². The lowest BCUT2D eigenvalue weighted by Gasteiger charge is -2.23. The van der Waals surface area contributed by atoms with Crippen molar-refractivity contribution in [3.63, 3.8) is 0 Å². The highest BCUT2D eigenvalue weighted by atomic mass is 35.5. The molecule has 2 saturated heterocycles. The molecule has 2 rings (SSSR count). The second kappa shape index (κ2) is 3.14. The molecule has 0 radical (unpaired) electrons. The van der Waals surface area contributed by atoms with Crippen molar-refractivity contribution in [1.82, 2.24) is 10.2 Å². The van der Waals surface area contributed by atoms with E-state index < -0.39 is 0 Å². The largest absolute Gasteiger partial charge is 0.391 e. The molecule has 2 N–H and O–H groups in total. The van der Waals surface area contributed by atoms with Crippen LogP contribution in [-0.4, -0.2) is 53.7 Å². The van der Waals surface area contributed by atoms with Crippen molar-refractivity contribution in [2.24, 2.45) is 0 Å². The number of alkyl halides is 1. The lowest BCUT2D eigenvalue weighted by molar-refractivity contribution is 0.123. The Labute approximate surface area is 77.7 Å². The van der Waals surface area contributed by atoms with Gasteiger partial charge in [0.2, 0.25) is 0 Å². The molecule has 0 amide bonds. The minimum Gasteiger partial charge on any atom is -0.391 e. The number of likely N-dealkylation sites (N-methyl/N-ethyl adjacent to an activating group) is 1. The summed E-state index contributed by atoms with van der Waals surface area (Å²) in [6, 6.07) is 0.502. The summed E-state index contributed by atoms with van der Waals surface area (Å²) in [5.41, 5.74) is 0. The maximum Gasteiger partial charge on any atom is 0.0723 e. The first-order valence-corrected chi connectivity index (χ1v) is 4.91. The van der Waals surface area contributed by atoms with Gasteiger partial charge in [0.1, 0.15) is 0 Å². The average Bonchev–Trinajstić information content (AvgIpc) is 2.52. The minimum atomic E-state index is -0.189. The van der Waals surface area contributed by atoms with Crippen LogP contribution in [0, 0.1) is 0 Å². The van der Waals surface area contributed by atoms with Gasteiger partial charge >= 0.3 is 0 Å². The van der Waals surface area contributed by atoms with Crippen molar-refractivity contribution < 1.29 is 5.11 Å². The number of aliphatic hydroxyl groups excluding tert-OH is 1. The number of aliphatic hydroxyl groups is 1. The first-order chi connectivity index (χ1) is 5.74. The van der Waals surface area contributed by atoms with Gasteiger partial charge in [-0.3, -0.25) is 4.90 Å². The molecule has 4 heteroatoms. The van der Waals surface area contributed by atoms with Gasteiger partial charge in [-0.2, -0.15) is 0 Å². The van der Waals surface area contributed by atoms with Crippen molar-refractivity contribution in [3.05, 3.63) is 0 Å². The van der Waals surface area contributed by atoms with Gasteiger partial charge in [0, 0.05) is 19.1 Å². The lowest BCUT2D eigenvalue weighted by Crippen LogP contribution is -2.45. The summed E-state index contributed by atoms with van der Waals surface area (Å²) in [5, 5.41) is 13.0. The molecule has 3 nitrogen and oxygen atoms in total. The van der Waals surface area contributed by atoms with E-state index in [-0.39, 0.29) is 23.6 Å². The first kappa shape index (κ1) is 8.75. The smallest absolute Gasteiger partial charge is 0.0723 e. The Bertz CT molecular complexity index is 178. The Morgan fingerprint density at radius 1 is 1.58 bits per heavy atom. The predicted molar refractivity (Wildman–Crippen MR) is 48.5 cm³/mol. The van der Waals surface area contributed by atoms with Gasteiger partial charge in [0.15, 0.2) is 0 Å². The van der Waals surface area contributed by atoms with Crippen molar-refractivity contribution in [1.29, 1.82) is 0 Å². The van der Waals surface area contributed by atoms with Crippen LogP contribution in [-0.2, 0) is 0 Å². The molecule has 70 valence electrons. The maximum atomic E-state index is 9.68. The third kappa shape index (κ3) is 1.16. The molecule has 0 unspecified atom stereocenters. The standard InChI is InChI=1S/C8H15ClN2O/c1-10-7-5(9)4-11-3-2-6(12)8(7)11/h5-8,10,12H,2-4H2,1H3/t5-,6-,7-,8+/m1/s1. The second-order valence-corrected chi connectivity index (χ2v) is 4.23. The number of nitrogens with zero attached hydrogens (tertiary/aromatic N) is 1. The van der Waals surface area contributed by atoms with Gasteiger partial charge in [-0.25, -0.2) is 0 Å². The lowest BCUT2D eigenvalue weighted by atomic mass is 10.0. The molecule has 2 aliphatic rings. The Morgan fingerprint density at radius 2 is 2.33 bits per heavy atom. The number of hydrogen-bond donors (Lipinski definition) is 2. The van der Waals surface area contributed by atoms with Crippen molar-refractivity contribution in [2.75, 3.05) is 20.1 Å².